The lowest BCUT2D eigenvalue weighted by Crippen LogP contribution is -2.39. The molecule has 0 bridgehead atoms. The van der Waals surface area contributed by atoms with Gasteiger partial charge in [0.25, 0.3) is 0 Å². The minimum atomic E-state index is -0.382. The number of benzene rings is 1. The summed E-state index contributed by atoms with van der Waals surface area (Å²) >= 11 is 1.65. The van der Waals surface area contributed by atoms with Crippen molar-refractivity contribution in [3.8, 4) is 0 Å². The zero-order chi connectivity index (χ0) is 15.2. The fraction of sp³-hybridized carbons (Fsp3) is 0.467. The Morgan fingerprint density at radius 1 is 1.33 bits per heavy atom. The summed E-state index contributed by atoms with van der Waals surface area (Å²) in [6.45, 7) is 0. The molecule has 2 N–H and O–H groups in total. The van der Waals surface area contributed by atoms with Crippen LogP contribution in [0.3, 0.4) is 0 Å². The Labute approximate surface area is 128 Å². The lowest BCUT2D eigenvalue weighted by atomic mass is 10.0. The first kappa shape index (κ1) is 15.7. The Hall–Kier alpha value is -1.69. The molecule has 0 radical (unpaired) electrons. The van der Waals surface area contributed by atoms with Gasteiger partial charge < -0.3 is 15.4 Å². The summed E-state index contributed by atoms with van der Waals surface area (Å²) in [7, 11) is 1.35. The first-order valence-corrected chi connectivity index (χ1v) is 8.12. The molecule has 0 saturated heterocycles. The van der Waals surface area contributed by atoms with Crippen LogP contribution in [0, 0.1) is 0 Å². The van der Waals surface area contributed by atoms with Gasteiger partial charge in [0, 0.05) is 10.9 Å². The van der Waals surface area contributed by atoms with Crippen LogP contribution in [0.1, 0.15) is 30.9 Å². The Morgan fingerprint density at radius 2 is 2.00 bits per heavy atom. The first-order chi connectivity index (χ1) is 10.1. The molecule has 21 heavy (non-hydrogen) atoms. The quantitative estimate of drug-likeness (QED) is 0.626. The fourth-order valence-corrected chi connectivity index (χ4v) is 2.36. The second-order valence-corrected chi connectivity index (χ2v) is 5.88. The minimum absolute atomic E-state index is 0.118. The molecule has 1 aliphatic rings. The molecule has 0 spiro atoms. The van der Waals surface area contributed by atoms with E-state index in [0.717, 1.165) is 23.3 Å². The van der Waals surface area contributed by atoms with E-state index in [1.165, 1.54) is 7.11 Å². The molecule has 1 atom stereocenters. The number of hydrogen-bond donors (Lipinski definition) is 2. The highest BCUT2D eigenvalue weighted by atomic mass is 32.2. The van der Waals surface area contributed by atoms with Crippen LogP contribution in [0.5, 0.6) is 0 Å². The van der Waals surface area contributed by atoms with Crippen LogP contribution in [-0.4, -0.2) is 31.4 Å². The zero-order valence-corrected chi connectivity index (χ0v) is 13.0. The Bertz CT molecular complexity index is 500. The van der Waals surface area contributed by atoms with Crippen LogP contribution < -0.4 is 10.6 Å². The lowest BCUT2D eigenvalue weighted by molar-refractivity contribution is -0.141. The summed E-state index contributed by atoms with van der Waals surface area (Å²) in [6, 6.07) is 7.47. The average Bonchev–Trinajstić information content (AvgIpc) is 3.30. The second-order valence-electron chi connectivity index (χ2n) is 5.00. The van der Waals surface area contributed by atoms with E-state index in [2.05, 4.69) is 10.6 Å². The molecule has 0 heterocycles. The van der Waals surface area contributed by atoms with Gasteiger partial charge in [0.1, 0.15) is 0 Å². The zero-order valence-electron chi connectivity index (χ0n) is 12.2. The van der Waals surface area contributed by atoms with E-state index in [0.29, 0.717) is 0 Å². The first-order valence-electron chi connectivity index (χ1n) is 6.90. The number of amides is 2. The number of urea groups is 1. The van der Waals surface area contributed by atoms with Gasteiger partial charge in [0.05, 0.1) is 19.6 Å². The monoisotopic (exact) mass is 308 g/mol. The van der Waals surface area contributed by atoms with Crippen LogP contribution in [0.4, 0.5) is 4.79 Å². The molecular formula is C15H20N2O3S. The standard InChI is InChI=1S/C15H20N2O3S/c1-20-14(18)9-13(17-15(19)16-11-5-6-11)10-3-7-12(21-2)8-4-10/h3-4,7-8,11,13H,5-6,9H2,1-2H3,(H2,16,17,19)/t13-/m1/s1. The van der Waals surface area contributed by atoms with E-state index < -0.39 is 0 Å². The maximum Gasteiger partial charge on any atom is 0.315 e. The molecule has 1 saturated carbocycles. The molecule has 1 aromatic rings. The molecule has 1 aliphatic carbocycles. The van der Waals surface area contributed by atoms with E-state index in [-0.39, 0.29) is 30.5 Å². The smallest absolute Gasteiger partial charge is 0.315 e. The van der Waals surface area contributed by atoms with E-state index in [9.17, 15) is 9.59 Å². The molecule has 6 heteroatoms. The number of ether oxygens (including phenoxy) is 1. The van der Waals surface area contributed by atoms with Gasteiger partial charge in [-0.3, -0.25) is 4.79 Å². The number of methoxy groups -OCH3 is 1. The summed E-state index contributed by atoms with van der Waals surface area (Å²) in [5.41, 5.74) is 0.893. The molecular weight excluding hydrogens is 288 g/mol. The van der Waals surface area contributed by atoms with Gasteiger partial charge in [-0.15, -0.1) is 11.8 Å². The van der Waals surface area contributed by atoms with Crippen molar-refractivity contribution >= 4 is 23.8 Å². The fourth-order valence-electron chi connectivity index (χ4n) is 1.95. The van der Waals surface area contributed by atoms with Gasteiger partial charge in [0.2, 0.25) is 0 Å². The van der Waals surface area contributed by atoms with Crippen molar-refractivity contribution in [1.82, 2.24) is 10.6 Å². The number of rotatable bonds is 6. The van der Waals surface area contributed by atoms with Crippen molar-refractivity contribution in [3.63, 3.8) is 0 Å². The van der Waals surface area contributed by atoms with Gasteiger partial charge in [-0.25, -0.2) is 4.79 Å². The van der Waals surface area contributed by atoms with Crippen molar-refractivity contribution in [2.45, 2.75) is 36.2 Å². The number of carbonyl (C=O) groups excluding carboxylic acids is 2. The highest BCUT2D eigenvalue weighted by Gasteiger charge is 2.25. The third kappa shape index (κ3) is 4.97. The van der Waals surface area contributed by atoms with E-state index in [1.54, 1.807) is 11.8 Å². The minimum Gasteiger partial charge on any atom is -0.469 e. The van der Waals surface area contributed by atoms with Crippen LogP contribution in [0.15, 0.2) is 29.2 Å². The van der Waals surface area contributed by atoms with Gasteiger partial charge in [0.15, 0.2) is 0 Å². The van der Waals surface area contributed by atoms with Crippen molar-refractivity contribution in [3.05, 3.63) is 29.8 Å². The average molecular weight is 308 g/mol. The summed E-state index contributed by atoms with van der Waals surface area (Å²) < 4.78 is 4.71. The largest absolute Gasteiger partial charge is 0.469 e. The van der Waals surface area contributed by atoms with Crippen LogP contribution >= 0.6 is 11.8 Å². The number of hydrogen-bond acceptors (Lipinski definition) is 4. The number of thioether (sulfide) groups is 1. The maximum absolute atomic E-state index is 11.9. The maximum atomic E-state index is 11.9. The Balaban J connectivity index is 2.05. The summed E-state index contributed by atoms with van der Waals surface area (Å²) in [6.07, 6.45) is 4.17. The van der Waals surface area contributed by atoms with Crippen LogP contribution in [0.2, 0.25) is 0 Å². The molecule has 2 amide bonds. The van der Waals surface area contributed by atoms with Gasteiger partial charge in [-0.2, -0.15) is 0 Å². The molecule has 1 fully saturated rings. The summed E-state index contributed by atoms with van der Waals surface area (Å²) in [5.74, 6) is -0.347. The highest BCUT2D eigenvalue weighted by molar-refractivity contribution is 7.98. The predicted molar refractivity (Wildman–Crippen MR) is 82.3 cm³/mol. The van der Waals surface area contributed by atoms with Crippen molar-refractivity contribution < 1.29 is 14.3 Å². The SMILES string of the molecule is COC(=O)C[C@@H](NC(=O)NC1CC1)c1ccc(SC)cc1. The predicted octanol–water partition coefficient (Wildman–Crippen LogP) is 2.47. The van der Waals surface area contributed by atoms with Gasteiger partial charge in [-0.1, -0.05) is 12.1 Å². The molecule has 0 aliphatic heterocycles. The Morgan fingerprint density at radius 3 is 2.52 bits per heavy atom. The van der Waals surface area contributed by atoms with E-state index in [1.807, 2.05) is 30.5 Å². The Kier molecular flexibility index (Phi) is 5.50. The van der Waals surface area contributed by atoms with Crippen molar-refractivity contribution in [2.24, 2.45) is 0 Å². The molecule has 0 aromatic heterocycles. The topological polar surface area (TPSA) is 67.4 Å². The molecule has 2 rings (SSSR count). The van der Waals surface area contributed by atoms with Gasteiger partial charge >= 0.3 is 12.0 Å². The molecule has 114 valence electrons. The van der Waals surface area contributed by atoms with Crippen molar-refractivity contribution in [2.75, 3.05) is 13.4 Å². The third-order valence-electron chi connectivity index (χ3n) is 3.33. The molecule has 5 nitrogen and oxygen atoms in total. The highest BCUT2D eigenvalue weighted by Crippen LogP contribution is 2.22. The summed E-state index contributed by atoms with van der Waals surface area (Å²) in [4.78, 5) is 24.6. The van der Waals surface area contributed by atoms with Crippen LogP contribution in [-0.2, 0) is 9.53 Å². The van der Waals surface area contributed by atoms with Crippen molar-refractivity contribution in [1.29, 1.82) is 0 Å². The third-order valence-corrected chi connectivity index (χ3v) is 4.08. The van der Waals surface area contributed by atoms with E-state index >= 15 is 0 Å². The summed E-state index contributed by atoms with van der Waals surface area (Å²) in [5, 5.41) is 5.71. The number of carbonyl (C=O) groups is 2. The molecule has 0 unspecified atom stereocenters. The lowest BCUT2D eigenvalue weighted by Gasteiger charge is -2.19. The van der Waals surface area contributed by atoms with Gasteiger partial charge in [-0.05, 0) is 36.8 Å². The molecule has 1 aromatic carbocycles. The van der Waals surface area contributed by atoms with E-state index in [4.69, 9.17) is 4.74 Å². The number of esters is 1. The number of nitrogens with one attached hydrogen (secondary N) is 2. The van der Waals surface area contributed by atoms with Crippen LogP contribution in [0.25, 0.3) is 0 Å². The normalized spacial score (nSPS) is 15.1. The second kappa shape index (κ2) is 7.36.